The number of halogens is 1. The summed E-state index contributed by atoms with van der Waals surface area (Å²) in [5.74, 6) is 3.88. The molecule has 1 aliphatic heterocycles. The molecule has 1 aliphatic carbocycles. The summed E-state index contributed by atoms with van der Waals surface area (Å²) >= 11 is 0. The van der Waals surface area contributed by atoms with E-state index in [-0.39, 0.29) is 12.4 Å². The molecule has 5 nitrogen and oxygen atoms in total. The number of rotatable bonds is 6. The van der Waals surface area contributed by atoms with Crippen molar-refractivity contribution in [2.24, 2.45) is 5.92 Å². The van der Waals surface area contributed by atoms with E-state index in [0.29, 0.717) is 5.92 Å². The summed E-state index contributed by atoms with van der Waals surface area (Å²) in [7, 11) is 6.85. The van der Waals surface area contributed by atoms with E-state index in [9.17, 15) is 0 Å². The first-order chi connectivity index (χ1) is 16.2. The van der Waals surface area contributed by atoms with Gasteiger partial charge in [-0.2, -0.15) is 4.57 Å². The van der Waals surface area contributed by atoms with Gasteiger partial charge in [0.05, 0.1) is 39.4 Å². The van der Waals surface area contributed by atoms with Crippen LogP contribution >= 0.6 is 0 Å². The van der Waals surface area contributed by atoms with Crippen LogP contribution < -0.4 is 35.9 Å². The first-order valence-corrected chi connectivity index (χ1v) is 12.0. The van der Waals surface area contributed by atoms with Gasteiger partial charge in [0.1, 0.15) is 0 Å². The molecule has 1 saturated carbocycles. The maximum atomic E-state index is 5.85. The Kier molecular flexibility index (Phi) is 7.42. The van der Waals surface area contributed by atoms with Gasteiger partial charge in [-0.25, -0.2) is 0 Å². The second-order valence-corrected chi connectivity index (χ2v) is 9.23. The van der Waals surface area contributed by atoms with Gasteiger partial charge in [0.2, 0.25) is 5.69 Å². The Bertz CT molecular complexity index is 1190. The highest BCUT2D eigenvalue weighted by Gasteiger charge is 2.32. The van der Waals surface area contributed by atoms with Crippen LogP contribution in [0.15, 0.2) is 30.5 Å². The smallest absolute Gasteiger partial charge is 0.216 e. The number of methoxy groups -OCH3 is 4. The molecule has 0 amide bonds. The van der Waals surface area contributed by atoms with Gasteiger partial charge in [-0.3, -0.25) is 0 Å². The highest BCUT2D eigenvalue weighted by Crippen LogP contribution is 2.43. The predicted octanol–water partition coefficient (Wildman–Crippen LogP) is 2.51. The third-order valence-electron chi connectivity index (χ3n) is 7.47. The lowest BCUT2D eigenvalue weighted by Crippen LogP contribution is -3.00. The minimum absolute atomic E-state index is 0. The third kappa shape index (κ3) is 4.15. The molecule has 182 valence electrons. The minimum Gasteiger partial charge on any atom is -1.00 e. The third-order valence-corrected chi connectivity index (χ3v) is 7.47. The zero-order chi connectivity index (χ0) is 22.9. The molecule has 0 radical (unpaired) electrons. The molecule has 1 aromatic heterocycles. The van der Waals surface area contributed by atoms with Crippen molar-refractivity contribution >= 4 is 10.8 Å². The number of aryl methyl sites for hydroxylation is 2. The Balaban J connectivity index is 0.00000274. The standard InChI is InChI=1S/C28H34NO4.ClH/c1-30-24-11-10-20-22(14-18-8-6-5-7-9-18)27-21-16-26(32-3)25(31-2)15-19(21)12-13-29(27)17-23(20)28(24)33-4;/h10-11,15-18H,5-9,12-14H2,1-4H3;1H/q+1;/p-1. The molecule has 0 N–H and O–H groups in total. The van der Waals surface area contributed by atoms with Crippen LogP contribution in [0, 0.1) is 5.92 Å². The van der Waals surface area contributed by atoms with Gasteiger partial charge in [0.15, 0.2) is 35.7 Å². The fraction of sp³-hybridized carbons (Fsp3) is 0.464. The fourth-order valence-corrected chi connectivity index (χ4v) is 5.83. The maximum Gasteiger partial charge on any atom is 0.216 e. The monoisotopic (exact) mass is 483 g/mol. The van der Waals surface area contributed by atoms with Crippen molar-refractivity contribution in [1.29, 1.82) is 0 Å². The molecule has 34 heavy (non-hydrogen) atoms. The van der Waals surface area contributed by atoms with Crippen LogP contribution in [0.5, 0.6) is 23.0 Å². The lowest BCUT2D eigenvalue weighted by molar-refractivity contribution is -0.686. The van der Waals surface area contributed by atoms with Gasteiger partial charge in [-0.15, -0.1) is 0 Å². The van der Waals surface area contributed by atoms with Crippen molar-refractivity contribution in [3.8, 4) is 34.3 Å². The molecule has 5 rings (SSSR count). The fourth-order valence-electron chi connectivity index (χ4n) is 5.83. The van der Waals surface area contributed by atoms with Crippen LogP contribution in [0.25, 0.3) is 22.0 Å². The summed E-state index contributed by atoms with van der Waals surface area (Å²) in [5.41, 5.74) is 5.29. The van der Waals surface area contributed by atoms with Gasteiger partial charge in [0.25, 0.3) is 0 Å². The lowest BCUT2D eigenvalue weighted by atomic mass is 9.81. The zero-order valence-corrected chi connectivity index (χ0v) is 21.3. The number of aromatic nitrogens is 1. The van der Waals surface area contributed by atoms with Crippen LogP contribution in [0.2, 0.25) is 0 Å². The summed E-state index contributed by atoms with van der Waals surface area (Å²) in [6, 6.07) is 8.57. The quantitative estimate of drug-likeness (QED) is 0.505. The topological polar surface area (TPSA) is 40.8 Å². The minimum atomic E-state index is 0. The molecule has 0 spiro atoms. The lowest BCUT2D eigenvalue weighted by Gasteiger charge is -2.25. The van der Waals surface area contributed by atoms with E-state index in [4.69, 9.17) is 18.9 Å². The molecule has 0 bridgehead atoms. The van der Waals surface area contributed by atoms with Crippen molar-refractivity contribution in [1.82, 2.24) is 0 Å². The summed E-state index contributed by atoms with van der Waals surface area (Å²) in [6.07, 6.45) is 10.9. The van der Waals surface area contributed by atoms with Crippen LogP contribution in [0.4, 0.5) is 0 Å². The van der Waals surface area contributed by atoms with Crippen molar-refractivity contribution in [3.63, 3.8) is 0 Å². The number of benzene rings is 2. The maximum absolute atomic E-state index is 5.85. The highest BCUT2D eigenvalue weighted by molar-refractivity contribution is 5.95. The Morgan fingerprint density at radius 2 is 1.53 bits per heavy atom. The Labute approximate surface area is 208 Å². The van der Waals surface area contributed by atoms with Gasteiger partial charge in [0, 0.05) is 17.4 Å². The molecule has 0 atom stereocenters. The number of fused-ring (bicyclic) bond motifs is 4. The number of nitrogens with zero attached hydrogens (tertiary/aromatic N) is 1. The first kappa shape index (κ1) is 24.5. The van der Waals surface area contributed by atoms with Crippen molar-refractivity contribution in [2.75, 3.05) is 28.4 Å². The molecular weight excluding hydrogens is 450 g/mol. The number of hydrogen-bond donors (Lipinski definition) is 0. The second-order valence-electron chi connectivity index (χ2n) is 9.23. The molecule has 2 aromatic carbocycles. The zero-order valence-electron chi connectivity index (χ0n) is 20.6. The van der Waals surface area contributed by atoms with Crippen molar-refractivity contribution in [2.45, 2.75) is 51.5 Å². The van der Waals surface area contributed by atoms with Gasteiger partial charge in [-0.05, 0) is 42.2 Å². The van der Waals surface area contributed by atoms with Crippen molar-refractivity contribution in [3.05, 3.63) is 41.6 Å². The molecule has 1 fully saturated rings. The SMILES string of the molecule is COc1cc2c(cc1OC)-c1c(CC3CCCCC3)c3ccc(OC)c(OC)c3c[n+]1CC2.[Cl-]. The molecule has 0 saturated heterocycles. The van der Waals surface area contributed by atoms with E-state index in [2.05, 4.69) is 29.0 Å². The van der Waals surface area contributed by atoms with E-state index in [1.54, 1.807) is 28.4 Å². The molecule has 2 heterocycles. The van der Waals surface area contributed by atoms with E-state index < -0.39 is 0 Å². The van der Waals surface area contributed by atoms with Crippen LogP contribution in [-0.4, -0.2) is 28.4 Å². The van der Waals surface area contributed by atoms with Crippen LogP contribution in [0.3, 0.4) is 0 Å². The van der Waals surface area contributed by atoms with Crippen LogP contribution in [-0.2, 0) is 19.4 Å². The Morgan fingerprint density at radius 1 is 0.824 bits per heavy atom. The van der Waals surface area contributed by atoms with E-state index in [1.165, 1.54) is 59.9 Å². The average molecular weight is 484 g/mol. The summed E-state index contributed by atoms with van der Waals surface area (Å²) in [4.78, 5) is 0. The van der Waals surface area contributed by atoms with E-state index in [0.717, 1.165) is 47.8 Å². The average Bonchev–Trinajstić information content (AvgIpc) is 2.87. The Morgan fingerprint density at radius 3 is 2.21 bits per heavy atom. The molecule has 6 heteroatoms. The number of ether oxygens (including phenoxy) is 4. The largest absolute Gasteiger partial charge is 1.00 e. The Hall–Kier alpha value is -2.66. The summed E-state index contributed by atoms with van der Waals surface area (Å²) in [6.45, 7) is 0.922. The molecular formula is C28H34ClNO4. The van der Waals surface area contributed by atoms with E-state index in [1.807, 2.05) is 6.07 Å². The molecule has 0 unspecified atom stereocenters. The van der Waals surface area contributed by atoms with Crippen molar-refractivity contribution < 1.29 is 35.9 Å². The predicted molar refractivity (Wildman–Crippen MR) is 130 cm³/mol. The van der Waals surface area contributed by atoms with Gasteiger partial charge in [-0.1, -0.05) is 32.1 Å². The number of pyridine rings is 1. The second kappa shape index (κ2) is 10.3. The number of hydrogen-bond acceptors (Lipinski definition) is 4. The first-order valence-electron chi connectivity index (χ1n) is 12.0. The molecule has 2 aliphatic rings. The summed E-state index contributed by atoms with van der Waals surface area (Å²) < 4.78 is 25.2. The molecule has 3 aromatic rings. The van der Waals surface area contributed by atoms with Gasteiger partial charge < -0.3 is 31.4 Å². The van der Waals surface area contributed by atoms with Crippen LogP contribution in [0.1, 0.15) is 43.2 Å². The van der Waals surface area contributed by atoms with E-state index >= 15 is 0 Å². The van der Waals surface area contributed by atoms with Gasteiger partial charge >= 0.3 is 0 Å². The summed E-state index contributed by atoms with van der Waals surface area (Å²) in [5, 5.41) is 2.38. The normalized spacial score (nSPS) is 15.2. The highest BCUT2D eigenvalue weighted by atomic mass is 35.5.